The Morgan fingerprint density at radius 3 is 2.34 bits per heavy atom. The first-order valence-electron chi connectivity index (χ1n) is 9.74. The molecule has 0 saturated carbocycles. The fraction of sp³-hybridized carbons (Fsp3) is 0.318. The molecule has 2 amide bonds. The van der Waals surface area contributed by atoms with Crippen molar-refractivity contribution in [2.75, 3.05) is 32.8 Å². The molecular formula is C22H25N3O4. The second-order valence-corrected chi connectivity index (χ2v) is 6.81. The Balaban J connectivity index is 1.50. The lowest BCUT2D eigenvalue weighted by Gasteiger charge is -2.34. The summed E-state index contributed by atoms with van der Waals surface area (Å²) in [4.78, 5) is 42.0. The van der Waals surface area contributed by atoms with E-state index in [1.54, 1.807) is 22.0 Å². The molecule has 29 heavy (non-hydrogen) atoms. The predicted molar refractivity (Wildman–Crippen MR) is 111 cm³/mol. The third kappa shape index (κ3) is 5.57. The lowest BCUT2D eigenvalue weighted by atomic mass is 10.2. The van der Waals surface area contributed by atoms with Gasteiger partial charge in [-0.15, -0.1) is 0 Å². The van der Waals surface area contributed by atoms with Crippen molar-refractivity contribution in [1.82, 2.24) is 14.8 Å². The molecule has 2 aromatic rings. The fourth-order valence-electron chi connectivity index (χ4n) is 3.02. The second kappa shape index (κ2) is 9.73. The van der Waals surface area contributed by atoms with Crippen LogP contribution < -0.4 is 10.3 Å². The summed E-state index contributed by atoms with van der Waals surface area (Å²) < 4.78 is 5.55. The molecule has 0 atom stereocenters. The zero-order valence-electron chi connectivity index (χ0n) is 16.5. The Labute approximate surface area is 169 Å². The van der Waals surface area contributed by atoms with Crippen LogP contribution in [0.3, 0.4) is 0 Å². The van der Waals surface area contributed by atoms with E-state index < -0.39 is 0 Å². The maximum absolute atomic E-state index is 12.5. The number of hydrogen-bond donors (Lipinski definition) is 1. The van der Waals surface area contributed by atoms with E-state index in [-0.39, 0.29) is 17.4 Å². The molecule has 152 valence electrons. The highest BCUT2D eigenvalue weighted by Crippen LogP contribution is 2.14. The van der Waals surface area contributed by atoms with Gasteiger partial charge >= 0.3 is 0 Å². The summed E-state index contributed by atoms with van der Waals surface area (Å²) in [5.41, 5.74) is 1.12. The molecule has 0 unspecified atom stereocenters. The van der Waals surface area contributed by atoms with Crippen molar-refractivity contribution in [3.63, 3.8) is 0 Å². The number of aromatic nitrogens is 1. The van der Waals surface area contributed by atoms with Crippen LogP contribution in [0.4, 0.5) is 0 Å². The first kappa shape index (κ1) is 20.4. The van der Waals surface area contributed by atoms with Crippen LogP contribution in [0.5, 0.6) is 5.75 Å². The van der Waals surface area contributed by atoms with Gasteiger partial charge in [0, 0.05) is 44.5 Å². The van der Waals surface area contributed by atoms with Gasteiger partial charge in [0.15, 0.2) is 0 Å². The number of H-pyrrole nitrogens is 1. The van der Waals surface area contributed by atoms with Gasteiger partial charge in [0.2, 0.25) is 11.5 Å². The van der Waals surface area contributed by atoms with Crippen LogP contribution in [-0.2, 0) is 4.79 Å². The topological polar surface area (TPSA) is 82.7 Å². The van der Waals surface area contributed by atoms with E-state index in [1.807, 2.05) is 24.3 Å². The van der Waals surface area contributed by atoms with Crippen molar-refractivity contribution in [2.24, 2.45) is 0 Å². The lowest BCUT2D eigenvalue weighted by molar-refractivity contribution is -0.127. The normalized spacial score (nSPS) is 14.2. The van der Waals surface area contributed by atoms with Gasteiger partial charge in [0.25, 0.3) is 5.91 Å². The molecule has 1 aromatic heterocycles. The zero-order valence-corrected chi connectivity index (χ0v) is 16.5. The highest BCUT2D eigenvalue weighted by atomic mass is 16.5. The van der Waals surface area contributed by atoms with Gasteiger partial charge in [-0.25, -0.2) is 0 Å². The van der Waals surface area contributed by atoms with Crippen LogP contribution in [0.25, 0.3) is 6.08 Å². The molecule has 1 aliphatic rings. The standard InChI is InChI=1S/C22H25N3O4/c1-2-15-29-19-7-3-17(4-8-19)5-10-21(27)24-11-13-25(14-12-24)22(28)18-6-9-20(26)23-16-18/h3-10,16H,2,11-15H2,1H3,(H,23,26). The van der Waals surface area contributed by atoms with Gasteiger partial charge < -0.3 is 19.5 Å². The van der Waals surface area contributed by atoms with E-state index in [2.05, 4.69) is 11.9 Å². The van der Waals surface area contributed by atoms with Crippen LogP contribution in [0.1, 0.15) is 29.3 Å². The van der Waals surface area contributed by atoms with E-state index in [0.29, 0.717) is 38.3 Å². The fourth-order valence-corrected chi connectivity index (χ4v) is 3.02. The lowest BCUT2D eigenvalue weighted by Crippen LogP contribution is -2.50. The van der Waals surface area contributed by atoms with Gasteiger partial charge in [0.1, 0.15) is 5.75 Å². The highest BCUT2D eigenvalue weighted by molar-refractivity contribution is 5.94. The Morgan fingerprint density at radius 1 is 1.03 bits per heavy atom. The zero-order chi connectivity index (χ0) is 20.6. The number of amides is 2. The number of carbonyl (C=O) groups excluding carboxylic acids is 2. The van der Waals surface area contributed by atoms with E-state index in [9.17, 15) is 14.4 Å². The van der Waals surface area contributed by atoms with E-state index in [4.69, 9.17) is 4.74 Å². The maximum atomic E-state index is 12.5. The van der Waals surface area contributed by atoms with Gasteiger partial charge in [0.05, 0.1) is 12.2 Å². The Kier molecular flexibility index (Phi) is 6.84. The molecule has 1 aliphatic heterocycles. The van der Waals surface area contributed by atoms with Crippen LogP contribution >= 0.6 is 0 Å². The molecule has 1 fully saturated rings. The summed E-state index contributed by atoms with van der Waals surface area (Å²) in [6.07, 6.45) is 5.72. The minimum absolute atomic E-state index is 0.0764. The predicted octanol–water partition coefficient (Wildman–Crippen LogP) is 2.16. The van der Waals surface area contributed by atoms with Crippen molar-refractivity contribution >= 4 is 17.9 Å². The number of piperazine rings is 1. The monoisotopic (exact) mass is 395 g/mol. The molecule has 1 aromatic carbocycles. The average molecular weight is 395 g/mol. The van der Waals surface area contributed by atoms with E-state index in [0.717, 1.165) is 17.7 Å². The van der Waals surface area contributed by atoms with E-state index >= 15 is 0 Å². The maximum Gasteiger partial charge on any atom is 0.255 e. The minimum Gasteiger partial charge on any atom is -0.494 e. The number of hydrogen-bond acceptors (Lipinski definition) is 4. The van der Waals surface area contributed by atoms with Gasteiger partial charge in [-0.3, -0.25) is 14.4 Å². The van der Waals surface area contributed by atoms with Gasteiger partial charge in [-0.05, 0) is 36.3 Å². The highest BCUT2D eigenvalue weighted by Gasteiger charge is 2.23. The molecule has 3 rings (SSSR count). The first-order valence-corrected chi connectivity index (χ1v) is 9.74. The molecule has 0 radical (unpaired) electrons. The number of rotatable bonds is 6. The van der Waals surface area contributed by atoms with Crippen molar-refractivity contribution in [1.29, 1.82) is 0 Å². The van der Waals surface area contributed by atoms with Crippen LogP contribution in [0, 0.1) is 0 Å². The van der Waals surface area contributed by atoms with Crippen molar-refractivity contribution in [3.8, 4) is 5.75 Å². The summed E-state index contributed by atoms with van der Waals surface area (Å²) in [7, 11) is 0. The summed E-state index contributed by atoms with van der Waals surface area (Å²) in [5, 5.41) is 0. The van der Waals surface area contributed by atoms with Crippen molar-refractivity contribution in [2.45, 2.75) is 13.3 Å². The third-order valence-electron chi connectivity index (χ3n) is 4.68. The Hall–Kier alpha value is -3.35. The molecular weight excluding hydrogens is 370 g/mol. The number of aromatic amines is 1. The van der Waals surface area contributed by atoms with Crippen LogP contribution in [0.2, 0.25) is 0 Å². The molecule has 7 nitrogen and oxygen atoms in total. The molecule has 1 saturated heterocycles. The minimum atomic E-state index is -0.244. The average Bonchev–Trinajstić information content (AvgIpc) is 2.77. The second-order valence-electron chi connectivity index (χ2n) is 6.81. The molecule has 1 N–H and O–H groups in total. The molecule has 2 heterocycles. The van der Waals surface area contributed by atoms with Gasteiger partial charge in [-0.2, -0.15) is 0 Å². The van der Waals surface area contributed by atoms with Gasteiger partial charge in [-0.1, -0.05) is 19.1 Å². The van der Waals surface area contributed by atoms with E-state index in [1.165, 1.54) is 18.3 Å². The molecule has 0 aliphatic carbocycles. The number of nitrogens with zero attached hydrogens (tertiary/aromatic N) is 2. The SMILES string of the molecule is CCCOc1ccc(C=CC(=O)N2CCN(C(=O)c3ccc(=O)[nH]c3)CC2)cc1. The van der Waals surface area contributed by atoms with Crippen LogP contribution in [-0.4, -0.2) is 59.4 Å². The smallest absolute Gasteiger partial charge is 0.255 e. The quantitative estimate of drug-likeness (QED) is 0.760. The molecule has 0 bridgehead atoms. The largest absolute Gasteiger partial charge is 0.494 e. The number of nitrogens with one attached hydrogen (secondary N) is 1. The van der Waals surface area contributed by atoms with Crippen molar-refractivity contribution < 1.29 is 14.3 Å². The molecule has 7 heteroatoms. The molecule has 0 spiro atoms. The number of pyridine rings is 1. The third-order valence-corrected chi connectivity index (χ3v) is 4.68. The Bertz CT molecular complexity index is 905. The first-order chi connectivity index (χ1) is 14.1. The Morgan fingerprint density at radius 2 is 1.72 bits per heavy atom. The number of ether oxygens (including phenoxy) is 1. The summed E-state index contributed by atoms with van der Waals surface area (Å²) in [6.45, 7) is 4.61. The number of carbonyl (C=O) groups is 2. The number of benzene rings is 1. The summed E-state index contributed by atoms with van der Waals surface area (Å²) in [5.74, 6) is 0.598. The summed E-state index contributed by atoms with van der Waals surface area (Å²) in [6, 6.07) is 10.5. The van der Waals surface area contributed by atoms with Crippen LogP contribution in [0.15, 0.2) is 53.5 Å². The summed E-state index contributed by atoms with van der Waals surface area (Å²) >= 11 is 0. The van der Waals surface area contributed by atoms with Crippen molar-refractivity contribution in [3.05, 3.63) is 70.2 Å².